The van der Waals surface area contributed by atoms with Gasteiger partial charge in [0, 0.05) is 24.8 Å². The van der Waals surface area contributed by atoms with Gasteiger partial charge < -0.3 is 15.4 Å². The molecule has 1 aliphatic carbocycles. The number of hydrogen-bond donors (Lipinski definition) is 1. The molecular weight excluding hydrogens is 236 g/mol. The van der Waals surface area contributed by atoms with E-state index in [0.717, 1.165) is 44.2 Å². The molecule has 2 fully saturated rings. The van der Waals surface area contributed by atoms with Crippen molar-refractivity contribution in [3.8, 4) is 5.75 Å². The molecule has 0 amide bonds. The lowest BCUT2D eigenvalue weighted by Gasteiger charge is -2.33. The molecule has 1 heterocycles. The Morgan fingerprint density at radius 2 is 1.95 bits per heavy atom. The average Bonchev–Trinajstić information content (AvgIpc) is 3.22. The lowest BCUT2D eigenvalue weighted by Crippen LogP contribution is -2.39. The maximum Gasteiger partial charge on any atom is 0.119 e. The van der Waals surface area contributed by atoms with Gasteiger partial charge in [-0.1, -0.05) is 0 Å². The molecule has 1 aliphatic heterocycles. The molecule has 3 heteroatoms. The summed E-state index contributed by atoms with van der Waals surface area (Å²) in [5.74, 6) is 1.82. The summed E-state index contributed by atoms with van der Waals surface area (Å²) in [5, 5.41) is 0. The SMILES string of the molecule is Cc1cc(OCC2CC2)ccc1N1CCC(N)CC1. The van der Waals surface area contributed by atoms with Crippen LogP contribution in [0.15, 0.2) is 18.2 Å². The van der Waals surface area contributed by atoms with Gasteiger partial charge in [0.25, 0.3) is 0 Å². The van der Waals surface area contributed by atoms with Gasteiger partial charge in [-0.2, -0.15) is 0 Å². The molecule has 0 radical (unpaired) electrons. The van der Waals surface area contributed by atoms with Gasteiger partial charge in [0.2, 0.25) is 0 Å². The van der Waals surface area contributed by atoms with Crippen LogP contribution in [-0.2, 0) is 0 Å². The Bertz CT molecular complexity index is 434. The molecule has 3 nitrogen and oxygen atoms in total. The Morgan fingerprint density at radius 3 is 2.58 bits per heavy atom. The van der Waals surface area contributed by atoms with E-state index in [1.165, 1.54) is 24.1 Å². The van der Waals surface area contributed by atoms with E-state index in [9.17, 15) is 0 Å². The topological polar surface area (TPSA) is 38.5 Å². The predicted octanol–water partition coefficient (Wildman–Crippen LogP) is 2.71. The smallest absolute Gasteiger partial charge is 0.119 e. The fraction of sp³-hybridized carbons (Fsp3) is 0.625. The van der Waals surface area contributed by atoms with Crippen molar-refractivity contribution in [2.75, 3.05) is 24.6 Å². The van der Waals surface area contributed by atoms with E-state index in [1.807, 2.05) is 0 Å². The minimum atomic E-state index is 0.387. The molecule has 1 aromatic carbocycles. The van der Waals surface area contributed by atoms with Crippen LogP contribution in [0.4, 0.5) is 5.69 Å². The Labute approximate surface area is 115 Å². The minimum Gasteiger partial charge on any atom is -0.493 e. The number of nitrogens with two attached hydrogens (primary N) is 1. The van der Waals surface area contributed by atoms with Crippen LogP contribution in [0.25, 0.3) is 0 Å². The van der Waals surface area contributed by atoms with E-state index in [2.05, 4.69) is 30.0 Å². The zero-order chi connectivity index (χ0) is 13.2. The molecule has 1 saturated heterocycles. The van der Waals surface area contributed by atoms with Crippen molar-refractivity contribution in [2.24, 2.45) is 11.7 Å². The summed E-state index contributed by atoms with van der Waals surface area (Å²) < 4.78 is 5.83. The lowest BCUT2D eigenvalue weighted by atomic mass is 10.0. The number of anilines is 1. The summed E-state index contributed by atoms with van der Waals surface area (Å²) in [4.78, 5) is 2.45. The second kappa shape index (κ2) is 5.41. The Hall–Kier alpha value is -1.22. The maximum absolute atomic E-state index is 5.96. The van der Waals surface area contributed by atoms with Gasteiger partial charge in [-0.05, 0) is 62.3 Å². The number of hydrogen-bond acceptors (Lipinski definition) is 3. The molecule has 1 saturated carbocycles. The summed E-state index contributed by atoms with van der Waals surface area (Å²) in [6, 6.07) is 6.87. The van der Waals surface area contributed by atoms with Crippen LogP contribution in [0.3, 0.4) is 0 Å². The molecule has 1 aromatic rings. The van der Waals surface area contributed by atoms with Crippen LogP contribution < -0.4 is 15.4 Å². The third-order valence-electron chi connectivity index (χ3n) is 4.23. The highest BCUT2D eigenvalue weighted by Gasteiger charge is 2.22. The van der Waals surface area contributed by atoms with Gasteiger partial charge in [-0.15, -0.1) is 0 Å². The van der Waals surface area contributed by atoms with Gasteiger partial charge in [0.15, 0.2) is 0 Å². The maximum atomic E-state index is 5.96. The number of benzene rings is 1. The Balaban J connectivity index is 1.64. The van der Waals surface area contributed by atoms with E-state index in [4.69, 9.17) is 10.5 Å². The van der Waals surface area contributed by atoms with Crippen LogP contribution in [0.1, 0.15) is 31.2 Å². The number of ether oxygens (including phenoxy) is 1. The minimum absolute atomic E-state index is 0.387. The van der Waals surface area contributed by atoms with Gasteiger partial charge in [-0.25, -0.2) is 0 Å². The second-order valence-electron chi connectivity index (χ2n) is 6.03. The highest BCUT2D eigenvalue weighted by atomic mass is 16.5. The van der Waals surface area contributed by atoms with Gasteiger partial charge in [-0.3, -0.25) is 0 Å². The van der Waals surface area contributed by atoms with Crippen molar-refractivity contribution in [3.05, 3.63) is 23.8 Å². The zero-order valence-corrected chi connectivity index (χ0v) is 11.8. The third kappa shape index (κ3) is 3.21. The second-order valence-corrected chi connectivity index (χ2v) is 6.03. The van der Waals surface area contributed by atoms with Crippen LogP contribution in [0.2, 0.25) is 0 Å². The first kappa shape index (κ1) is 12.8. The summed E-state index contributed by atoms with van der Waals surface area (Å²) in [5.41, 5.74) is 8.61. The number of nitrogens with zero attached hydrogens (tertiary/aromatic N) is 1. The van der Waals surface area contributed by atoms with Crippen molar-refractivity contribution >= 4 is 5.69 Å². The summed E-state index contributed by atoms with van der Waals surface area (Å²) in [6.45, 7) is 5.21. The molecule has 2 N–H and O–H groups in total. The van der Waals surface area contributed by atoms with Crippen LogP contribution in [0, 0.1) is 12.8 Å². The molecule has 0 aromatic heterocycles. The first-order valence-electron chi connectivity index (χ1n) is 7.46. The Kier molecular flexibility index (Phi) is 3.65. The van der Waals surface area contributed by atoms with E-state index in [-0.39, 0.29) is 0 Å². The first-order chi connectivity index (χ1) is 9.22. The highest BCUT2D eigenvalue weighted by Crippen LogP contribution is 2.31. The molecular formula is C16H24N2O. The average molecular weight is 260 g/mol. The van der Waals surface area contributed by atoms with Crippen LogP contribution >= 0.6 is 0 Å². The van der Waals surface area contributed by atoms with E-state index < -0.39 is 0 Å². The molecule has 2 aliphatic rings. The number of aryl methyl sites for hydroxylation is 1. The van der Waals surface area contributed by atoms with Crippen LogP contribution in [-0.4, -0.2) is 25.7 Å². The predicted molar refractivity (Wildman–Crippen MR) is 78.8 cm³/mol. The molecule has 0 atom stereocenters. The van der Waals surface area contributed by atoms with Gasteiger partial charge in [0.05, 0.1) is 6.61 Å². The summed E-state index contributed by atoms with van der Waals surface area (Å²) in [7, 11) is 0. The molecule has 104 valence electrons. The van der Waals surface area contributed by atoms with Crippen molar-refractivity contribution in [1.82, 2.24) is 0 Å². The third-order valence-corrected chi connectivity index (χ3v) is 4.23. The number of piperidine rings is 1. The molecule has 0 bridgehead atoms. The lowest BCUT2D eigenvalue weighted by molar-refractivity contribution is 0.299. The first-order valence-corrected chi connectivity index (χ1v) is 7.46. The molecule has 0 spiro atoms. The molecule has 19 heavy (non-hydrogen) atoms. The largest absolute Gasteiger partial charge is 0.493 e. The Morgan fingerprint density at radius 1 is 1.21 bits per heavy atom. The fourth-order valence-corrected chi connectivity index (χ4v) is 2.71. The van der Waals surface area contributed by atoms with Crippen molar-refractivity contribution in [3.63, 3.8) is 0 Å². The zero-order valence-electron chi connectivity index (χ0n) is 11.8. The van der Waals surface area contributed by atoms with Crippen molar-refractivity contribution in [2.45, 2.75) is 38.6 Å². The van der Waals surface area contributed by atoms with Crippen molar-refractivity contribution < 1.29 is 4.74 Å². The van der Waals surface area contributed by atoms with Gasteiger partial charge >= 0.3 is 0 Å². The van der Waals surface area contributed by atoms with E-state index in [1.54, 1.807) is 0 Å². The summed E-state index contributed by atoms with van der Waals surface area (Å²) >= 11 is 0. The standard InChI is InChI=1S/C16H24N2O/c1-12-10-15(19-11-13-2-3-13)4-5-16(12)18-8-6-14(17)7-9-18/h4-5,10,13-14H,2-3,6-9,11,17H2,1H3. The number of rotatable bonds is 4. The molecule has 0 unspecified atom stereocenters. The summed E-state index contributed by atoms with van der Waals surface area (Å²) in [6.07, 6.45) is 4.87. The highest BCUT2D eigenvalue weighted by molar-refractivity contribution is 5.56. The normalized spacial score (nSPS) is 20.6. The fourth-order valence-electron chi connectivity index (χ4n) is 2.71. The van der Waals surface area contributed by atoms with E-state index >= 15 is 0 Å². The van der Waals surface area contributed by atoms with Crippen LogP contribution in [0.5, 0.6) is 5.75 Å². The quantitative estimate of drug-likeness (QED) is 0.904. The van der Waals surface area contributed by atoms with Crippen molar-refractivity contribution in [1.29, 1.82) is 0 Å². The monoisotopic (exact) mass is 260 g/mol. The molecule has 3 rings (SSSR count). The van der Waals surface area contributed by atoms with Gasteiger partial charge in [0.1, 0.15) is 5.75 Å². The van der Waals surface area contributed by atoms with E-state index in [0.29, 0.717) is 6.04 Å².